The number of carbonyl (C=O) groups excluding carboxylic acids is 2. The molecule has 4 aliphatic heterocycles. The molecule has 4 fully saturated rings. The first-order valence-corrected chi connectivity index (χ1v) is 27.6. The summed E-state index contributed by atoms with van der Waals surface area (Å²) in [6.45, 7) is 11.4. The van der Waals surface area contributed by atoms with E-state index in [0.717, 1.165) is 132 Å². The van der Waals surface area contributed by atoms with E-state index in [4.69, 9.17) is 55.9 Å². The summed E-state index contributed by atoms with van der Waals surface area (Å²) in [5.41, 5.74) is 1.16. The Morgan fingerprint density at radius 2 is 0.974 bits per heavy atom. The minimum absolute atomic E-state index is 0.00140. The fourth-order valence-corrected chi connectivity index (χ4v) is 11.3. The average molecular weight is 1160 g/mol. The van der Waals surface area contributed by atoms with Crippen LogP contribution in [0.15, 0.2) is 78.9 Å². The third-order valence-electron chi connectivity index (χ3n) is 15.1. The zero-order valence-electron chi connectivity index (χ0n) is 43.3. The number of ether oxygens (including phenoxy) is 2. The lowest BCUT2D eigenvalue weighted by Crippen LogP contribution is -2.38. The molecule has 4 unspecified atom stereocenters. The molecule has 4 aliphatic rings. The predicted octanol–water partition coefficient (Wildman–Crippen LogP) is 12.0. The summed E-state index contributed by atoms with van der Waals surface area (Å²) in [5.74, 6) is -1.20. The number of amides is 2. The molecule has 4 saturated heterocycles. The summed E-state index contributed by atoms with van der Waals surface area (Å²) in [5, 5.41) is 1.77. The number of nitrogens with zero attached hydrogens (tertiary/aromatic N) is 6. The summed E-state index contributed by atoms with van der Waals surface area (Å²) < 4.78 is 103. The van der Waals surface area contributed by atoms with Crippen LogP contribution in [0.5, 0.6) is 0 Å². The van der Waals surface area contributed by atoms with E-state index in [-0.39, 0.29) is 42.3 Å². The highest BCUT2D eigenvalue weighted by Gasteiger charge is 2.41. The normalized spacial score (nSPS) is 20.8. The standard InChI is InChI=1S/C28H33Cl2F4N3O2.C28H34Cl2F3N3O2/c1-35(16-19-5-7-22(25(31)14-19)28(32,33)34)26-18-37(17-21(26)20-6-8-23(29)24(30)15-20)27(38)4-2-3-9-36-10-12-39-13-11-36;1-34(17-20-5-8-22(9-6-20)28(31,32)33)26-19-36(18-23(26)21-7-10-24(29)25(30)16-21)27(37)4-2-3-11-35-12-14-38-15-13-35/h5-8,14-15,21,26H,2-4,9-13,16-18H2,1H3;5-10,16,23,26H,2-4,11-15,17-19H2,1H3. The number of carbonyl (C=O) groups is 2. The maximum atomic E-state index is 14.2. The Balaban J connectivity index is 0.000000224. The highest BCUT2D eigenvalue weighted by molar-refractivity contribution is 6.42. The SMILES string of the molecule is CN(Cc1ccc(C(F)(F)F)c(F)c1)C1CN(C(=O)CCCCN2CCOCC2)CC1c1ccc(Cl)c(Cl)c1.CN(Cc1ccc(C(F)(F)F)cc1)C1CN(C(=O)CCCCN2CCOCC2)CC1c1ccc(Cl)c(Cl)c1. The van der Waals surface area contributed by atoms with Gasteiger partial charge in [-0.25, -0.2) is 4.39 Å². The van der Waals surface area contributed by atoms with Gasteiger partial charge in [0.05, 0.1) is 57.6 Å². The van der Waals surface area contributed by atoms with Gasteiger partial charge in [0.2, 0.25) is 11.8 Å². The molecule has 4 atom stereocenters. The number of unbranched alkanes of at least 4 members (excludes halogenated alkanes) is 2. The van der Waals surface area contributed by atoms with Gasteiger partial charge < -0.3 is 19.3 Å². The number of halogens is 11. The molecule has 0 radical (unpaired) electrons. The second-order valence-electron chi connectivity index (χ2n) is 20.5. The molecule has 4 aromatic carbocycles. The number of rotatable bonds is 18. The zero-order chi connectivity index (χ0) is 55.4. The van der Waals surface area contributed by atoms with E-state index in [1.807, 2.05) is 47.0 Å². The molecule has 2 amide bonds. The van der Waals surface area contributed by atoms with Crippen molar-refractivity contribution in [1.29, 1.82) is 0 Å². The summed E-state index contributed by atoms with van der Waals surface area (Å²) in [7, 11) is 3.78. The molecule has 4 heterocycles. The second kappa shape index (κ2) is 28.1. The van der Waals surface area contributed by atoms with Gasteiger partial charge in [0.1, 0.15) is 5.82 Å². The van der Waals surface area contributed by atoms with Gasteiger partial charge in [-0.3, -0.25) is 29.2 Å². The van der Waals surface area contributed by atoms with Crippen molar-refractivity contribution in [3.05, 3.63) is 138 Å². The van der Waals surface area contributed by atoms with Gasteiger partial charge in [-0.2, -0.15) is 26.3 Å². The lowest BCUT2D eigenvalue weighted by Gasteiger charge is -2.29. The Bertz CT molecular complexity index is 2570. The van der Waals surface area contributed by atoms with Crippen LogP contribution in [0, 0.1) is 5.82 Å². The summed E-state index contributed by atoms with van der Waals surface area (Å²) in [6.07, 6.45) is -4.66. The van der Waals surface area contributed by atoms with E-state index in [2.05, 4.69) is 14.7 Å². The Kier molecular flexibility index (Phi) is 22.2. The molecule has 0 N–H and O–H groups in total. The first-order valence-electron chi connectivity index (χ1n) is 26.1. The Labute approximate surface area is 467 Å². The monoisotopic (exact) mass is 1160 g/mol. The number of likely N-dealkylation sites (tertiary alicyclic amines) is 2. The van der Waals surface area contributed by atoms with Crippen LogP contribution in [0.2, 0.25) is 20.1 Å². The third kappa shape index (κ3) is 17.4. The quantitative estimate of drug-likeness (QED) is 0.0721. The van der Waals surface area contributed by atoms with Crippen LogP contribution < -0.4 is 0 Å². The summed E-state index contributed by atoms with van der Waals surface area (Å²) in [6, 6.07) is 19.0. The highest BCUT2D eigenvalue weighted by atomic mass is 35.5. The first kappa shape index (κ1) is 60.9. The highest BCUT2D eigenvalue weighted by Crippen LogP contribution is 2.38. The summed E-state index contributed by atoms with van der Waals surface area (Å²) >= 11 is 24.9. The van der Waals surface area contributed by atoms with Crippen LogP contribution in [0.3, 0.4) is 0 Å². The molecule has 0 bridgehead atoms. The molecule has 10 nitrogen and oxygen atoms in total. The zero-order valence-corrected chi connectivity index (χ0v) is 46.4. The van der Waals surface area contributed by atoms with Crippen LogP contribution in [-0.2, 0) is 44.5 Å². The number of alkyl halides is 6. The van der Waals surface area contributed by atoms with E-state index in [1.54, 1.807) is 18.2 Å². The van der Waals surface area contributed by atoms with Crippen LogP contribution in [-0.4, -0.2) is 159 Å². The van der Waals surface area contributed by atoms with Crippen LogP contribution >= 0.6 is 46.4 Å². The molecule has 0 saturated carbocycles. The van der Waals surface area contributed by atoms with Crippen LogP contribution in [0.4, 0.5) is 30.7 Å². The van der Waals surface area contributed by atoms with Crippen molar-refractivity contribution in [2.24, 2.45) is 0 Å². The van der Waals surface area contributed by atoms with Crippen molar-refractivity contribution in [2.45, 2.75) is 87.9 Å². The van der Waals surface area contributed by atoms with Crippen LogP contribution in [0.1, 0.15) is 83.7 Å². The van der Waals surface area contributed by atoms with E-state index in [0.29, 0.717) is 71.2 Å². The maximum absolute atomic E-state index is 14.2. The molecular weight excluding hydrogens is 1100 g/mol. The third-order valence-corrected chi connectivity index (χ3v) is 16.6. The minimum Gasteiger partial charge on any atom is -0.379 e. The van der Waals surface area contributed by atoms with E-state index < -0.39 is 29.3 Å². The maximum Gasteiger partial charge on any atom is 0.419 e. The molecule has 77 heavy (non-hydrogen) atoms. The van der Waals surface area contributed by atoms with Gasteiger partial charge in [-0.15, -0.1) is 0 Å². The van der Waals surface area contributed by atoms with Gasteiger partial charge in [0.15, 0.2) is 0 Å². The Morgan fingerprint density at radius 3 is 1.38 bits per heavy atom. The van der Waals surface area contributed by atoms with E-state index >= 15 is 0 Å². The van der Waals surface area contributed by atoms with Crippen molar-refractivity contribution in [2.75, 3.05) is 106 Å². The Hall–Kier alpha value is -3.75. The topological polar surface area (TPSA) is 72.0 Å². The van der Waals surface area contributed by atoms with Gasteiger partial charge in [0, 0.05) is 102 Å². The number of hydrogen-bond acceptors (Lipinski definition) is 8. The van der Waals surface area contributed by atoms with E-state index in [9.17, 15) is 40.3 Å². The Morgan fingerprint density at radius 1 is 0.545 bits per heavy atom. The smallest absolute Gasteiger partial charge is 0.379 e. The number of likely N-dealkylation sites (N-methyl/N-ethyl adjacent to an activating group) is 2. The molecule has 21 heteroatoms. The van der Waals surface area contributed by atoms with Crippen molar-refractivity contribution >= 4 is 58.2 Å². The van der Waals surface area contributed by atoms with Gasteiger partial charge in [0.25, 0.3) is 0 Å². The minimum atomic E-state index is -4.75. The van der Waals surface area contributed by atoms with Crippen molar-refractivity contribution in [1.82, 2.24) is 29.4 Å². The van der Waals surface area contributed by atoms with Crippen molar-refractivity contribution in [3.8, 4) is 0 Å². The first-order chi connectivity index (χ1) is 36.6. The lowest BCUT2D eigenvalue weighted by molar-refractivity contribution is -0.140. The molecule has 4 aromatic rings. The molecule has 8 rings (SSSR count). The predicted molar refractivity (Wildman–Crippen MR) is 287 cm³/mol. The molecule has 0 spiro atoms. The second-order valence-corrected chi connectivity index (χ2v) is 22.1. The largest absolute Gasteiger partial charge is 0.419 e. The number of hydrogen-bond donors (Lipinski definition) is 0. The van der Waals surface area contributed by atoms with Crippen LogP contribution in [0.25, 0.3) is 0 Å². The van der Waals surface area contributed by atoms with Gasteiger partial charge in [-0.1, -0.05) is 76.7 Å². The summed E-state index contributed by atoms with van der Waals surface area (Å²) in [4.78, 5) is 38.9. The number of morpholine rings is 2. The number of benzene rings is 4. The van der Waals surface area contributed by atoms with Crippen molar-refractivity contribution < 1.29 is 49.8 Å². The fourth-order valence-electron chi connectivity index (χ4n) is 10.7. The molecule has 0 aromatic heterocycles. The van der Waals surface area contributed by atoms with Crippen molar-refractivity contribution in [3.63, 3.8) is 0 Å². The van der Waals surface area contributed by atoms with Gasteiger partial charge >= 0.3 is 12.4 Å². The van der Waals surface area contributed by atoms with E-state index in [1.165, 1.54) is 18.2 Å². The lowest BCUT2D eigenvalue weighted by atomic mass is 9.93. The molecular formula is C56H67Cl4F7N6O4. The van der Waals surface area contributed by atoms with Gasteiger partial charge in [-0.05, 0) is 124 Å². The fraction of sp³-hybridized carbons (Fsp3) is 0.536. The average Bonchev–Trinajstić information content (AvgIpc) is 4.07. The molecule has 422 valence electrons. The molecule has 0 aliphatic carbocycles.